The van der Waals surface area contributed by atoms with Crippen molar-refractivity contribution in [1.29, 1.82) is 0 Å². The van der Waals surface area contributed by atoms with Gasteiger partial charge in [0.25, 0.3) is 0 Å². The third-order valence-corrected chi connectivity index (χ3v) is 4.84. The molecule has 0 saturated carbocycles. The number of anilines is 1. The molecule has 26 heavy (non-hydrogen) atoms. The SMILES string of the molecule is CN1C(=O)CC[C@H](C(=O)Nc2nc3ccccn3n2)[C@H]1c1ccnn1C. The van der Waals surface area contributed by atoms with Crippen molar-refractivity contribution in [2.45, 2.75) is 18.9 Å². The topological polar surface area (TPSA) is 97.4 Å². The van der Waals surface area contributed by atoms with E-state index in [0.29, 0.717) is 18.5 Å². The van der Waals surface area contributed by atoms with E-state index in [1.807, 2.05) is 24.3 Å². The van der Waals surface area contributed by atoms with Crippen LogP contribution in [0.4, 0.5) is 5.95 Å². The Labute approximate surface area is 149 Å². The van der Waals surface area contributed by atoms with Crippen LogP contribution in [0.3, 0.4) is 0 Å². The fourth-order valence-corrected chi connectivity index (χ4v) is 3.48. The third-order valence-electron chi connectivity index (χ3n) is 4.84. The molecule has 2 amide bonds. The van der Waals surface area contributed by atoms with Gasteiger partial charge in [0, 0.05) is 32.9 Å². The van der Waals surface area contributed by atoms with E-state index in [2.05, 4.69) is 20.5 Å². The highest BCUT2D eigenvalue weighted by Crippen LogP contribution is 2.36. The number of likely N-dealkylation sites (tertiary alicyclic amines) is 1. The van der Waals surface area contributed by atoms with Crippen LogP contribution in [0.25, 0.3) is 5.65 Å². The number of rotatable bonds is 3. The minimum atomic E-state index is -0.403. The number of nitrogens with zero attached hydrogens (tertiary/aromatic N) is 6. The van der Waals surface area contributed by atoms with Crippen molar-refractivity contribution in [3.8, 4) is 0 Å². The molecule has 3 aromatic rings. The van der Waals surface area contributed by atoms with Gasteiger partial charge in [0.1, 0.15) is 0 Å². The number of fused-ring (bicyclic) bond motifs is 1. The van der Waals surface area contributed by atoms with Gasteiger partial charge in [-0.05, 0) is 24.6 Å². The lowest BCUT2D eigenvalue weighted by atomic mass is 9.86. The van der Waals surface area contributed by atoms with Gasteiger partial charge in [-0.25, -0.2) is 4.52 Å². The number of carbonyl (C=O) groups is 2. The van der Waals surface area contributed by atoms with E-state index in [4.69, 9.17) is 0 Å². The maximum Gasteiger partial charge on any atom is 0.249 e. The predicted octanol–water partition coefficient (Wildman–Crippen LogP) is 1.01. The molecular weight excluding hydrogens is 334 g/mol. The van der Waals surface area contributed by atoms with Gasteiger partial charge < -0.3 is 4.90 Å². The van der Waals surface area contributed by atoms with Crippen molar-refractivity contribution < 1.29 is 9.59 Å². The molecule has 1 aliphatic heterocycles. The lowest BCUT2D eigenvalue weighted by Crippen LogP contribution is -2.45. The van der Waals surface area contributed by atoms with Crippen molar-refractivity contribution in [3.05, 3.63) is 42.4 Å². The summed E-state index contributed by atoms with van der Waals surface area (Å²) in [6, 6.07) is 6.97. The van der Waals surface area contributed by atoms with E-state index >= 15 is 0 Å². The van der Waals surface area contributed by atoms with Crippen molar-refractivity contribution >= 4 is 23.4 Å². The van der Waals surface area contributed by atoms with Crippen LogP contribution >= 0.6 is 0 Å². The van der Waals surface area contributed by atoms with Crippen LogP contribution in [0, 0.1) is 5.92 Å². The zero-order valence-electron chi connectivity index (χ0n) is 14.5. The number of aromatic nitrogens is 5. The number of aryl methyl sites for hydroxylation is 1. The summed E-state index contributed by atoms with van der Waals surface area (Å²) in [5, 5.41) is 11.2. The summed E-state index contributed by atoms with van der Waals surface area (Å²) in [4.78, 5) is 31.1. The zero-order valence-corrected chi connectivity index (χ0v) is 14.5. The number of amides is 2. The number of carbonyl (C=O) groups excluding carboxylic acids is 2. The Balaban J connectivity index is 1.62. The molecule has 0 bridgehead atoms. The third kappa shape index (κ3) is 2.71. The molecular formula is C17H19N7O2. The Hall–Kier alpha value is -3.23. The first-order chi connectivity index (χ1) is 12.5. The van der Waals surface area contributed by atoms with Gasteiger partial charge in [-0.15, -0.1) is 5.10 Å². The predicted molar refractivity (Wildman–Crippen MR) is 93.1 cm³/mol. The highest BCUT2D eigenvalue weighted by atomic mass is 16.2. The molecule has 0 spiro atoms. The Kier molecular flexibility index (Phi) is 3.90. The molecule has 1 N–H and O–H groups in total. The molecule has 0 unspecified atom stereocenters. The van der Waals surface area contributed by atoms with E-state index in [9.17, 15) is 9.59 Å². The monoisotopic (exact) mass is 353 g/mol. The molecule has 2 atom stereocenters. The van der Waals surface area contributed by atoms with Gasteiger partial charge in [0.2, 0.25) is 17.8 Å². The Morgan fingerprint density at radius 2 is 2.12 bits per heavy atom. The maximum atomic E-state index is 12.9. The molecule has 0 aromatic carbocycles. The molecule has 0 aliphatic carbocycles. The lowest BCUT2D eigenvalue weighted by molar-refractivity contribution is -0.140. The number of pyridine rings is 1. The number of nitrogens with one attached hydrogen (secondary N) is 1. The second-order valence-electron chi connectivity index (χ2n) is 6.40. The van der Waals surface area contributed by atoms with E-state index < -0.39 is 5.92 Å². The summed E-state index contributed by atoms with van der Waals surface area (Å²) in [7, 11) is 3.53. The molecule has 1 aliphatic rings. The van der Waals surface area contributed by atoms with E-state index in [-0.39, 0.29) is 23.8 Å². The van der Waals surface area contributed by atoms with Gasteiger partial charge >= 0.3 is 0 Å². The minimum Gasteiger partial charge on any atom is -0.336 e. The Morgan fingerprint density at radius 1 is 1.27 bits per heavy atom. The maximum absolute atomic E-state index is 12.9. The van der Waals surface area contributed by atoms with Crippen molar-refractivity contribution in [1.82, 2.24) is 29.3 Å². The standard InChI is InChI=1S/C17H19N7O2/c1-22-14(25)7-6-11(15(22)12-8-9-18-23(12)2)16(26)20-17-19-13-5-3-4-10-24(13)21-17/h3-5,8-11,15H,6-7H2,1-2H3,(H,20,21,26)/t11-,15-/m0/s1. The van der Waals surface area contributed by atoms with Gasteiger partial charge in [-0.3, -0.25) is 19.6 Å². The fourth-order valence-electron chi connectivity index (χ4n) is 3.48. The highest BCUT2D eigenvalue weighted by molar-refractivity contribution is 5.93. The first kappa shape index (κ1) is 16.2. The fraction of sp³-hybridized carbons (Fsp3) is 0.353. The summed E-state index contributed by atoms with van der Waals surface area (Å²) in [6.45, 7) is 0. The summed E-state index contributed by atoms with van der Waals surface area (Å²) < 4.78 is 3.30. The van der Waals surface area contributed by atoms with Crippen LogP contribution in [0.15, 0.2) is 36.7 Å². The van der Waals surface area contributed by atoms with Crippen LogP contribution in [-0.4, -0.2) is 48.1 Å². The van der Waals surface area contributed by atoms with E-state index in [1.54, 1.807) is 40.6 Å². The molecule has 1 fully saturated rings. The molecule has 134 valence electrons. The van der Waals surface area contributed by atoms with Crippen LogP contribution in [0.1, 0.15) is 24.6 Å². The largest absolute Gasteiger partial charge is 0.336 e. The van der Waals surface area contributed by atoms with Gasteiger partial charge in [-0.1, -0.05) is 6.07 Å². The Bertz CT molecular complexity index is 943. The van der Waals surface area contributed by atoms with Gasteiger partial charge in [-0.2, -0.15) is 10.1 Å². The molecule has 4 heterocycles. The van der Waals surface area contributed by atoms with E-state index in [0.717, 1.165) is 5.69 Å². The van der Waals surface area contributed by atoms with Crippen molar-refractivity contribution in [2.24, 2.45) is 13.0 Å². The normalized spacial score (nSPS) is 20.5. The minimum absolute atomic E-state index is 0.0195. The molecule has 4 rings (SSSR count). The zero-order chi connectivity index (χ0) is 18.3. The molecule has 3 aromatic heterocycles. The summed E-state index contributed by atoms with van der Waals surface area (Å²) in [5.41, 5.74) is 1.48. The lowest BCUT2D eigenvalue weighted by Gasteiger charge is -2.37. The first-order valence-electron chi connectivity index (χ1n) is 8.40. The average Bonchev–Trinajstić information content (AvgIpc) is 3.22. The number of piperidine rings is 1. The van der Waals surface area contributed by atoms with Crippen LogP contribution in [0.2, 0.25) is 0 Å². The van der Waals surface area contributed by atoms with Crippen molar-refractivity contribution in [2.75, 3.05) is 12.4 Å². The highest BCUT2D eigenvalue weighted by Gasteiger charge is 2.40. The van der Waals surface area contributed by atoms with Gasteiger partial charge in [0.05, 0.1) is 17.7 Å². The van der Waals surface area contributed by atoms with Crippen molar-refractivity contribution in [3.63, 3.8) is 0 Å². The molecule has 1 saturated heterocycles. The number of hydrogen-bond acceptors (Lipinski definition) is 5. The second kappa shape index (κ2) is 6.25. The van der Waals surface area contributed by atoms with Crippen LogP contribution in [-0.2, 0) is 16.6 Å². The quantitative estimate of drug-likeness (QED) is 0.758. The summed E-state index contributed by atoms with van der Waals surface area (Å²) in [5.74, 6) is -0.332. The summed E-state index contributed by atoms with van der Waals surface area (Å²) in [6.07, 6.45) is 4.24. The first-order valence-corrected chi connectivity index (χ1v) is 8.40. The van der Waals surface area contributed by atoms with Gasteiger partial charge in [0.15, 0.2) is 5.65 Å². The molecule has 0 radical (unpaired) electrons. The second-order valence-corrected chi connectivity index (χ2v) is 6.40. The number of hydrogen-bond donors (Lipinski definition) is 1. The summed E-state index contributed by atoms with van der Waals surface area (Å²) >= 11 is 0. The smallest absolute Gasteiger partial charge is 0.249 e. The van der Waals surface area contributed by atoms with Crippen LogP contribution in [0.5, 0.6) is 0 Å². The molecule has 9 nitrogen and oxygen atoms in total. The van der Waals surface area contributed by atoms with E-state index in [1.165, 1.54) is 0 Å². The average molecular weight is 353 g/mol. The Morgan fingerprint density at radius 3 is 2.85 bits per heavy atom. The molecule has 9 heteroatoms. The van der Waals surface area contributed by atoms with Crippen LogP contribution < -0.4 is 5.32 Å².